The molecule has 1 N–H and O–H groups in total. The smallest absolute Gasteiger partial charge is 0.230 e. The third-order valence-electron chi connectivity index (χ3n) is 3.75. The minimum absolute atomic E-state index is 0.0297. The van der Waals surface area contributed by atoms with E-state index in [1.165, 1.54) is 11.8 Å². The largest absolute Gasteiger partial charge is 0.496 e. The van der Waals surface area contributed by atoms with Crippen molar-refractivity contribution in [2.24, 2.45) is 7.05 Å². The molecule has 0 unspecified atom stereocenters. The normalized spacial score (nSPS) is 10.8. The highest BCUT2D eigenvalue weighted by Crippen LogP contribution is 2.22. The van der Waals surface area contributed by atoms with Crippen molar-refractivity contribution in [1.29, 1.82) is 0 Å². The number of aromatic nitrogens is 2. The van der Waals surface area contributed by atoms with Crippen LogP contribution in [0.25, 0.3) is 11.0 Å². The van der Waals surface area contributed by atoms with Crippen LogP contribution in [0.15, 0.2) is 53.7 Å². The van der Waals surface area contributed by atoms with Crippen molar-refractivity contribution in [2.75, 3.05) is 12.9 Å². The molecule has 1 heterocycles. The maximum absolute atomic E-state index is 12.1. The third-order valence-corrected chi connectivity index (χ3v) is 4.78. The molecule has 0 bridgehead atoms. The fraction of sp³-hybridized carbons (Fsp3) is 0.222. The molecule has 1 amide bonds. The molecule has 6 heteroatoms. The van der Waals surface area contributed by atoms with Crippen LogP contribution in [0.5, 0.6) is 5.75 Å². The van der Waals surface area contributed by atoms with Gasteiger partial charge in [-0.15, -0.1) is 0 Å². The highest BCUT2D eigenvalue weighted by molar-refractivity contribution is 7.99. The zero-order chi connectivity index (χ0) is 16.9. The van der Waals surface area contributed by atoms with E-state index in [0.717, 1.165) is 27.5 Å². The molecule has 124 valence electrons. The minimum Gasteiger partial charge on any atom is -0.496 e. The molecule has 5 nitrogen and oxygen atoms in total. The highest BCUT2D eigenvalue weighted by atomic mass is 32.2. The molecule has 0 fully saturated rings. The Bertz CT molecular complexity index is 860. The lowest BCUT2D eigenvalue weighted by molar-refractivity contribution is -0.118. The molecule has 0 aliphatic heterocycles. The van der Waals surface area contributed by atoms with Crippen LogP contribution in [0.3, 0.4) is 0 Å². The Hall–Kier alpha value is -2.47. The maximum atomic E-state index is 12.1. The van der Waals surface area contributed by atoms with Crippen molar-refractivity contribution in [3.8, 4) is 5.75 Å². The molecule has 0 aliphatic rings. The number of amides is 1. The Morgan fingerprint density at radius 1 is 1.21 bits per heavy atom. The topological polar surface area (TPSA) is 56.1 Å². The van der Waals surface area contributed by atoms with Gasteiger partial charge in [0.15, 0.2) is 5.16 Å². The molecular weight excluding hydrogens is 322 g/mol. The third kappa shape index (κ3) is 3.54. The number of fused-ring (bicyclic) bond motifs is 1. The van der Waals surface area contributed by atoms with Gasteiger partial charge in [-0.2, -0.15) is 0 Å². The summed E-state index contributed by atoms with van der Waals surface area (Å²) in [7, 11) is 3.59. The number of nitrogens with one attached hydrogen (secondary N) is 1. The first kappa shape index (κ1) is 16.4. The first-order valence-electron chi connectivity index (χ1n) is 7.62. The van der Waals surface area contributed by atoms with Crippen molar-refractivity contribution in [1.82, 2.24) is 14.9 Å². The Morgan fingerprint density at radius 3 is 2.75 bits per heavy atom. The number of methoxy groups -OCH3 is 1. The fourth-order valence-corrected chi connectivity index (χ4v) is 3.29. The lowest BCUT2D eigenvalue weighted by Crippen LogP contribution is -2.24. The molecule has 1 aromatic heterocycles. The molecule has 0 saturated heterocycles. The van der Waals surface area contributed by atoms with E-state index < -0.39 is 0 Å². The number of para-hydroxylation sites is 3. The van der Waals surface area contributed by atoms with Crippen LogP contribution in [0.4, 0.5) is 0 Å². The molecule has 0 saturated carbocycles. The summed E-state index contributed by atoms with van der Waals surface area (Å²) in [4.78, 5) is 16.7. The number of nitrogens with zero attached hydrogens (tertiary/aromatic N) is 2. The average molecular weight is 341 g/mol. The van der Waals surface area contributed by atoms with Gasteiger partial charge in [-0.1, -0.05) is 42.1 Å². The second-order valence-corrected chi connectivity index (χ2v) is 6.26. The van der Waals surface area contributed by atoms with Crippen molar-refractivity contribution in [3.63, 3.8) is 0 Å². The van der Waals surface area contributed by atoms with Crippen LogP contribution in [-0.2, 0) is 18.4 Å². The van der Waals surface area contributed by atoms with Gasteiger partial charge < -0.3 is 14.6 Å². The van der Waals surface area contributed by atoms with Gasteiger partial charge >= 0.3 is 0 Å². The zero-order valence-corrected chi connectivity index (χ0v) is 14.5. The van der Waals surface area contributed by atoms with Crippen LogP contribution in [0.1, 0.15) is 5.56 Å². The number of benzene rings is 2. The molecular formula is C18H19N3O2S. The molecule has 3 aromatic rings. The van der Waals surface area contributed by atoms with Gasteiger partial charge in [-0.05, 0) is 18.2 Å². The van der Waals surface area contributed by atoms with Crippen molar-refractivity contribution in [2.45, 2.75) is 11.7 Å². The number of rotatable bonds is 6. The molecule has 0 spiro atoms. The summed E-state index contributed by atoms with van der Waals surface area (Å²) < 4.78 is 7.29. The second kappa shape index (κ2) is 7.40. The van der Waals surface area contributed by atoms with Crippen LogP contribution in [-0.4, -0.2) is 28.3 Å². The van der Waals surface area contributed by atoms with Crippen LogP contribution >= 0.6 is 11.8 Å². The number of carbonyl (C=O) groups excluding carboxylic acids is 1. The molecule has 24 heavy (non-hydrogen) atoms. The van der Waals surface area contributed by atoms with Gasteiger partial charge in [-0.25, -0.2) is 4.98 Å². The summed E-state index contributed by atoms with van der Waals surface area (Å²) in [5, 5.41) is 3.76. The quantitative estimate of drug-likeness (QED) is 0.700. The van der Waals surface area contributed by atoms with Gasteiger partial charge in [0.25, 0.3) is 0 Å². The number of hydrogen-bond acceptors (Lipinski definition) is 4. The summed E-state index contributed by atoms with van der Waals surface area (Å²) in [6, 6.07) is 15.6. The maximum Gasteiger partial charge on any atom is 0.230 e. The van der Waals surface area contributed by atoms with E-state index in [9.17, 15) is 4.79 Å². The van der Waals surface area contributed by atoms with E-state index in [0.29, 0.717) is 12.3 Å². The van der Waals surface area contributed by atoms with Crippen molar-refractivity contribution in [3.05, 3.63) is 54.1 Å². The van der Waals surface area contributed by atoms with Gasteiger partial charge in [-0.3, -0.25) is 4.79 Å². The first-order chi connectivity index (χ1) is 11.7. The van der Waals surface area contributed by atoms with Crippen LogP contribution < -0.4 is 10.1 Å². The molecule has 2 aromatic carbocycles. The van der Waals surface area contributed by atoms with E-state index >= 15 is 0 Å². The van der Waals surface area contributed by atoms with Gasteiger partial charge in [0.1, 0.15) is 5.75 Å². The Morgan fingerprint density at radius 2 is 1.96 bits per heavy atom. The number of aryl methyl sites for hydroxylation is 1. The Balaban J connectivity index is 1.58. The summed E-state index contributed by atoms with van der Waals surface area (Å²) in [5.74, 6) is 1.07. The molecule has 0 atom stereocenters. The van der Waals surface area contributed by atoms with Crippen molar-refractivity contribution < 1.29 is 9.53 Å². The minimum atomic E-state index is -0.0297. The van der Waals surface area contributed by atoms with E-state index in [4.69, 9.17) is 4.74 Å². The van der Waals surface area contributed by atoms with Gasteiger partial charge in [0.05, 0.1) is 23.9 Å². The zero-order valence-electron chi connectivity index (χ0n) is 13.7. The van der Waals surface area contributed by atoms with Crippen LogP contribution in [0, 0.1) is 0 Å². The van der Waals surface area contributed by atoms with Crippen LogP contribution in [0.2, 0.25) is 0 Å². The van der Waals surface area contributed by atoms with Gasteiger partial charge in [0.2, 0.25) is 5.91 Å². The SMILES string of the molecule is COc1ccccc1CNC(=O)CSc1nc2ccccc2n1C. The number of thioether (sulfide) groups is 1. The fourth-order valence-electron chi connectivity index (χ4n) is 2.48. The lowest BCUT2D eigenvalue weighted by Gasteiger charge is -2.09. The predicted molar refractivity (Wildman–Crippen MR) is 96.3 cm³/mol. The van der Waals surface area contributed by atoms with E-state index in [1.54, 1.807) is 7.11 Å². The van der Waals surface area contributed by atoms with Crippen molar-refractivity contribution >= 4 is 28.7 Å². The van der Waals surface area contributed by atoms with E-state index in [1.807, 2.05) is 60.1 Å². The Labute approximate surface area is 145 Å². The number of imidazole rings is 1. The van der Waals surface area contributed by atoms with E-state index in [-0.39, 0.29) is 5.91 Å². The summed E-state index contributed by atoms with van der Waals surface area (Å²) >= 11 is 1.43. The number of ether oxygens (including phenoxy) is 1. The lowest BCUT2D eigenvalue weighted by atomic mass is 10.2. The molecule has 0 radical (unpaired) electrons. The second-order valence-electron chi connectivity index (χ2n) is 5.32. The van der Waals surface area contributed by atoms with E-state index in [2.05, 4.69) is 10.3 Å². The number of hydrogen-bond donors (Lipinski definition) is 1. The molecule has 0 aliphatic carbocycles. The van der Waals surface area contributed by atoms with Gasteiger partial charge in [0, 0.05) is 19.2 Å². The summed E-state index contributed by atoms with van der Waals surface area (Å²) in [5.41, 5.74) is 2.97. The number of carbonyl (C=O) groups is 1. The summed E-state index contributed by atoms with van der Waals surface area (Å²) in [6.07, 6.45) is 0. The average Bonchev–Trinajstić information content (AvgIpc) is 2.94. The highest BCUT2D eigenvalue weighted by Gasteiger charge is 2.10. The summed E-state index contributed by atoms with van der Waals surface area (Å²) in [6.45, 7) is 0.450. The Kier molecular flexibility index (Phi) is 5.05. The predicted octanol–water partition coefficient (Wildman–Crippen LogP) is 2.99. The molecule has 3 rings (SSSR count). The monoisotopic (exact) mass is 341 g/mol. The standard InChI is InChI=1S/C18H19N3O2S/c1-21-15-9-5-4-8-14(15)20-18(21)24-12-17(22)19-11-13-7-3-6-10-16(13)23-2/h3-10H,11-12H2,1-2H3,(H,19,22). The first-order valence-corrected chi connectivity index (χ1v) is 8.60.